The Morgan fingerprint density at radius 1 is 1.22 bits per heavy atom. The van der Waals surface area contributed by atoms with Crippen LogP contribution in [0.4, 0.5) is 5.69 Å². The summed E-state index contributed by atoms with van der Waals surface area (Å²) >= 11 is 0. The molecule has 0 aliphatic carbocycles. The van der Waals surface area contributed by atoms with Gasteiger partial charge in [-0.15, -0.1) is 0 Å². The van der Waals surface area contributed by atoms with Crippen molar-refractivity contribution in [1.29, 1.82) is 0 Å². The van der Waals surface area contributed by atoms with Gasteiger partial charge in [-0.2, -0.15) is 0 Å². The third-order valence-electron chi connectivity index (χ3n) is 3.37. The lowest BCUT2D eigenvalue weighted by Gasteiger charge is -2.09. The van der Waals surface area contributed by atoms with Gasteiger partial charge in [-0.1, -0.05) is 12.1 Å². The van der Waals surface area contributed by atoms with E-state index in [1.54, 1.807) is 6.20 Å². The maximum atomic E-state index is 5.93. The molecule has 5 heteroatoms. The second kappa shape index (κ2) is 7.63. The molecule has 0 radical (unpaired) electrons. The molecule has 1 heterocycles. The number of aryl methyl sites for hydroxylation is 2. The molecule has 2 rings (SSSR count). The van der Waals surface area contributed by atoms with Crippen LogP contribution in [0.3, 0.4) is 0 Å². The van der Waals surface area contributed by atoms with E-state index in [4.69, 9.17) is 10.5 Å². The molecule has 1 aromatic carbocycles. The molecule has 0 unspecified atom stereocenters. The lowest BCUT2D eigenvalue weighted by molar-refractivity contribution is 0.232. The minimum Gasteiger partial charge on any atom is -0.475 e. The highest BCUT2D eigenvalue weighted by Gasteiger charge is 2.01. The summed E-state index contributed by atoms with van der Waals surface area (Å²) in [6.07, 6.45) is 1.87. The summed E-state index contributed by atoms with van der Waals surface area (Å²) in [5.74, 6) is 1.00. The fraction of sp³-hybridized carbons (Fsp3) is 0.333. The summed E-state index contributed by atoms with van der Waals surface area (Å²) in [5, 5.41) is 3.10. The minimum absolute atomic E-state index is 0.115. The smallest absolute Gasteiger partial charge is 0.213 e. The number of nitrogens with zero attached hydrogens (tertiary/aromatic N) is 2. The lowest BCUT2D eigenvalue weighted by atomic mass is 10.1. The zero-order valence-corrected chi connectivity index (χ0v) is 14.1. The molecule has 0 saturated carbocycles. The second-order valence-electron chi connectivity index (χ2n) is 5.80. The van der Waals surface area contributed by atoms with E-state index in [1.165, 1.54) is 11.1 Å². The Bertz CT molecular complexity index is 678. The van der Waals surface area contributed by atoms with Crippen LogP contribution in [0.15, 0.2) is 41.5 Å². The average molecular weight is 312 g/mol. The van der Waals surface area contributed by atoms with E-state index in [1.807, 2.05) is 32.0 Å². The van der Waals surface area contributed by atoms with Gasteiger partial charge < -0.3 is 15.8 Å². The largest absolute Gasteiger partial charge is 0.475 e. The number of pyridine rings is 1. The van der Waals surface area contributed by atoms with E-state index in [2.05, 4.69) is 41.3 Å². The topological polar surface area (TPSA) is 72.5 Å². The number of nitrogens with one attached hydrogen (secondary N) is 1. The van der Waals surface area contributed by atoms with Crippen LogP contribution in [0, 0.1) is 13.8 Å². The fourth-order valence-corrected chi connectivity index (χ4v) is 2.00. The molecular formula is C18H24N4O. The van der Waals surface area contributed by atoms with Gasteiger partial charge in [0.1, 0.15) is 0 Å². The first-order valence-corrected chi connectivity index (χ1v) is 7.70. The van der Waals surface area contributed by atoms with Gasteiger partial charge in [-0.3, -0.25) is 0 Å². The number of aliphatic imine (C=N–C) groups is 1. The Morgan fingerprint density at radius 2 is 2.00 bits per heavy atom. The highest BCUT2D eigenvalue weighted by atomic mass is 16.5. The molecule has 0 bridgehead atoms. The van der Waals surface area contributed by atoms with Gasteiger partial charge in [-0.25, -0.2) is 9.98 Å². The number of ether oxygens (including phenoxy) is 1. The van der Waals surface area contributed by atoms with Crippen molar-refractivity contribution in [3.05, 3.63) is 53.2 Å². The van der Waals surface area contributed by atoms with Crippen molar-refractivity contribution in [1.82, 2.24) is 4.98 Å². The number of benzene rings is 1. The molecule has 0 fully saturated rings. The third kappa shape index (κ3) is 5.29. The maximum absolute atomic E-state index is 5.93. The molecule has 3 N–H and O–H groups in total. The zero-order valence-electron chi connectivity index (χ0n) is 14.1. The van der Waals surface area contributed by atoms with Crippen molar-refractivity contribution in [3.63, 3.8) is 0 Å². The molecule has 0 saturated heterocycles. The van der Waals surface area contributed by atoms with Gasteiger partial charge >= 0.3 is 0 Å². The normalized spacial score (nSPS) is 11.6. The van der Waals surface area contributed by atoms with Crippen LogP contribution in [-0.2, 0) is 6.54 Å². The molecular weight excluding hydrogens is 288 g/mol. The molecule has 0 spiro atoms. The Labute approximate surface area is 137 Å². The van der Waals surface area contributed by atoms with Crippen LogP contribution in [-0.4, -0.2) is 17.0 Å². The molecule has 122 valence electrons. The van der Waals surface area contributed by atoms with Gasteiger partial charge in [0.2, 0.25) is 5.88 Å². The van der Waals surface area contributed by atoms with E-state index in [-0.39, 0.29) is 6.10 Å². The monoisotopic (exact) mass is 312 g/mol. The van der Waals surface area contributed by atoms with Crippen LogP contribution in [0.1, 0.15) is 30.5 Å². The van der Waals surface area contributed by atoms with Crippen molar-refractivity contribution in [2.75, 3.05) is 5.32 Å². The third-order valence-corrected chi connectivity index (χ3v) is 3.37. The summed E-state index contributed by atoms with van der Waals surface area (Å²) in [7, 11) is 0. The SMILES string of the molecule is Cc1ccc(NC(N)=NCc2ccc(OC(C)C)nc2)cc1C. The number of hydrogen-bond acceptors (Lipinski definition) is 3. The minimum atomic E-state index is 0.115. The van der Waals surface area contributed by atoms with Crippen molar-refractivity contribution in [2.45, 2.75) is 40.3 Å². The number of hydrogen-bond donors (Lipinski definition) is 2. The molecule has 0 atom stereocenters. The molecule has 5 nitrogen and oxygen atoms in total. The summed E-state index contributed by atoms with van der Waals surface area (Å²) in [5.41, 5.74) is 10.3. The zero-order chi connectivity index (χ0) is 16.8. The van der Waals surface area contributed by atoms with Crippen LogP contribution >= 0.6 is 0 Å². The quantitative estimate of drug-likeness (QED) is 0.655. The van der Waals surface area contributed by atoms with Crippen molar-refractivity contribution < 1.29 is 4.74 Å². The Morgan fingerprint density at radius 3 is 2.61 bits per heavy atom. The Kier molecular flexibility index (Phi) is 5.57. The predicted octanol–water partition coefficient (Wildman–Crippen LogP) is 3.41. The van der Waals surface area contributed by atoms with Gasteiger partial charge in [0, 0.05) is 18.0 Å². The van der Waals surface area contributed by atoms with E-state index in [0.29, 0.717) is 18.4 Å². The van der Waals surface area contributed by atoms with Crippen molar-refractivity contribution in [3.8, 4) is 5.88 Å². The van der Waals surface area contributed by atoms with Gasteiger partial charge in [0.15, 0.2) is 5.96 Å². The molecule has 23 heavy (non-hydrogen) atoms. The lowest BCUT2D eigenvalue weighted by Crippen LogP contribution is -2.22. The van der Waals surface area contributed by atoms with E-state index in [9.17, 15) is 0 Å². The van der Waals surface area contributed by atoms with E-state index < -0.39 is 0 Å². The van der Waals surface area contributed by atoms with Gasteiger partial charge in [-0.05, 0) is 56.5 Å². The first kappa shape index (κ1) is 16.8. The number of guanidine groups is 1. The molecule has 0 amide bonds. The number of rotatable bonds is 5. The molecule has 0 aliphatic heterocycles. The average Bonchev–Trinajstić information content (AvgIpc) is 2.50. The summed E-state index contributed by atoms with van der Waals surface area (Å²) < 4.78 is 5.51. The van der Waals surface area contributed by atoms with E-state index >= 15 is 0 Å². The van der Waals surface area contributed by atoms with Crippen LogP contribution in [0.5, 0.6) is 5.88 Å². The fourth-order valence-electron chi connectivity index (χ4n) is 2.00. The highest BCUT2D eigenvalue weighted by molar-refractivity contribution is 5.92. The molecule has 2 aromatic rings. The number of nitrogens with two attached hydrogens (primary N) is 1. The van der Waals surface area contributed by atoms with Gasteiger partial charge in [0.05, 0.1) is 12.6 Å². The van der Waals surface area contributed by atoms with Crippen molar-refractivity contribution in [2.24, 2.45) is 10.7 Å². The molecule has 1 aromatic heterocycles. The highest BCUT2D eigenvalue weighted by Crippen LogP contribution is 2.14. The van der Waals surface area contributed by atoms with Gasteiger partial charge in [0.25, 0.3) is 0 Å². The first-order chi connectivity index (χ1) is 10.9. The first-order valence-electron chi connectivity index (χ1n) is 7.70. The predicted molar refractivity (Wildman–Crippen MR) is 94.9 cm³/mol. The Balaban J connectivity index is 1.94. The van der Waals surface area contributed by atoms with Crippen LogP contribution in [0.2, 0.25) is 0 Å². The summed E-state index contributed by atoms with van der Waals surface area (Å²) in [4.78, 5) is 8.58. The van der Waals surface area contributed by atoms with Crippen molar-refractivity contribution >= 4 is 11.6 Å². The number of aromatic nitrogens is 1. The van der Waals surface area contributed by atoms with E-state index in [0.717, 1.165) is 11.3 Å². The second-order valence-corrected chi connectivity index (χ2v) is 5.80. The number of anilines is 1. The Hall–Kier alpha value is -2.56. The van der Waals surface area contributed by atoms with Crippen LogP contribution < -0.4 is 15.8 Å². The summed E-state index contributed by atoms with van der Waals surface area (Å²) in [6, 6.07) is 9.89. The van der Waals surface area contributed by atoms with Crippen LogP contribution in [0.25, 0.3) is 0 Å². The molecule has 0 aliphatic rings. The standard InChI is InChI=1S/C18H24N4O/c1-12(2)23-17-8-6-15(10-20-17)11-21-18(19)22-16-7-5-13(3)14(4)9-16/h5-10,12H,11H2,1-4H3,(H3,19,21,22). The maximum Gasteiger partial charge on any atom is 0.213 e. The summed E-state index contributed by atoms with van der Waals surface area (Å²) in [6.45, 7) is 8.56.